The summed E-state index contributed by atoms with van der Waals surface area (Å²) in [6.45, 7) is 0. The number of pyridine rings is 1. The lowest BCUT2D eigenvalue weighted by Crippen LogP contribution is -2.01. The van der Waals surface area contributed by atoms with Crippen LogP contribution in [0.4, 0.5) is 0 Å². The van der Waals surface area contributed by atoms with Crippen LogP contribution in [0, 0.1) is 0 Å². The van der Waals surface area contributed by atoms with E-state index in [0.29, 0.717) is 23.6 Å². The second-order valence-electron chi connectivity index (χ2n) is 4.37. The first-order valence-electron chi connectivity index (χ1n) is 6.29. The van der Waals surface area contributed by atoms with Gasteiger partial charge in [-0.1, -0.05) is 0 Å². The van der Waals surface area contributed by atoms with E-state index in [2.05, 4.69) is 32.1 Å². The third-order valence-corrected chi connectivity index (χ3v) is 5.10. The van der Waals surface area contributed by atoms with E-state index in [-0.39, 0.29) is 11.7 Å². The first kappa shape index (κ1) is 15.6. The minimum atomic E-state index is -0.180. The molecule has 0 aliphatic rings. The molecule has 112 valence electrons. The molecule has 3 rings (SSSR count). The molecule has 2 aromatic heterocycles. The van der Waals surface area contributed by atoms with Crippen LogP contribution in [0.25, 0.3) is 10.9 Å². The van der Waals surface area contributed by atoms with E-state index in [1.807, 2.05) is 30.3 Å². The molecule has 1 unspecified atom stereocenters. The van der Waals surface area contributed by atoms with Gasteiger partial charge in [0.25, 0.3) is 0 Å². The lowest BCUT2D eigenvalue weighted by Gasteiger charge is -2.05. The summed E-state index contributed by atoms with van der Waals surface area (Å²) in [5, 5.41) is 5.13. The van der Waals surface area contributed by atoms with Gasteiger partial charge in [0, 0.05) is 17.6 Å². The number of hydrogen-bond acceptors (Lipinski definition) is 4. The van der Waals surface area contributed by atoms with Crippen LogP contribution in [-0.4, -0.2) is 26.2 Å². The van der Waals surface area contributed by atoms with Crippen molar-refractivity contribution in [3.63, 3.8) is 0 Å². The molecule has 22 heavy (non-hydrogen) atoms. The minimum Gasteiger partial charge on any atom is -0.456 e. The predicted molar refractivity (Wildman–Crippen MR) is 96.8 cm³/mol. The molecule has 2 heterocycles. The Kier molecular flexibility index (Phi) is 4.90. The number of nitrogens with zero attached hydrogens (tertiary/aromatic N) is 3. The molecule has 0 bridgehead atoms. The molecular weight excluding hydrogens is 436 g/mol. The van der Waals surface area contributed by atoms with Crippen LogP contribution in [0.1, 0.15) is 10.5 Å². The van der Waals surface area contributed by atoms with Gasteiger partial charge < -0.3 is 4.74 Å². The highest BCUT2D eigenvalue weighted by molar-refractivity contribution is 14.2. The Morgan fingerprint density at radius 1 is 1.36 bits per heavy atom. The van der Waals surface area contributed by atoms with Gasteiger partial charge in [-0.3, -0.25) is 9.78 Å². The second kappa shape index (κ2) is 6.89. The second-order valence-corrected chi connectivity index (χ2v) is 6.68. The maximum Gasteiger partial charge on any atom is 0.198 e. The van der Waals surface area contributed by atoms with Crippen LogP contribution in [0.15, 0.2) is 42.7 Å². The molecule has 0 radical (unpaired) electrons. The summed E-state index contributed by atoms with van der Waals surface area (Å²) in [5.74, 6) is 1.06. The molecular formula is C14H10ClIN3O2P. The summed E-state index contributed by atoms with van der Waals surface area (Å²) < 4.78 is 7.55. The highest BCUT2D eigenvalue weighted by atomic mass is 127. The number of hydrogen-bond donors (Lipinski definition) is 0. The smallest absolute Gasteiger partial charge is 0.198 e. The van der Waals surface area contributed by atoms with Crippen molar-refractivity contribution in [2.24, 2.45) is 0 Å². The first-order chi connectivity index (χ1) is 10.7. The van der Waals surface area contributed by atoms with Gasteiger partial charge in [-0.25, -0.2) is 4.45 Å². The number of rotatable bonds is 5. The van der Waals surface area contributed by atoms with Gasteiger partial charge in [-0.05, 0) is 46.3 Å². The van der Waals surface area contributed by atoms with Crippen LogP contribution in [-0.2, 0) is 0 Å². The number of ketones is 1. The van der Waals surface area contributed by atoms with Crippen molar-refractivity contribution >= 4 is 56.7 Å². The molecule has 0 aliphatic heterocycles. The fourth-order valence-corrected chi connectivity index (χ4v) is 3.68. The molecule has 0 aliphatic carbocycles. The number of fused-ring (bicyclic) bond motifs is 1. The number of aromatic nitrogens is 3. The first-order valence-corrected chi connectivity index (χ1v) is 10.9. The van der Waals surface area contributed by atoms with Crippen molar-refractivity contribution in [1.82, 2.24) is 14.5 Å². The Morgan fingerprint density at radius 3 is 2.91 bits per heavy atom. The van der Waals surface area contributed by atoms with Crippen LogP contribution < -0.4 is 4.74 Å². The lowest BCUT2D eigenvalue weighted by molar-refractivity contribution is 0.101. The molecule has 3 aromatic rings. The maximum atomic E-state index is 11.9. The summed E-state index contributed by atoms with van der Waals surface area (Å²) >= 11 is 7.87. The molecule has 1 atom stereocenters. The predicted octanol–water partition coefficient (Wildman–Crippen LogP) is 4.44. The van der Waals surface area contributed by atoms with Crippen molar-refractivity contribution in [2.75, 3.05) is 5.88 Å². The number of ether oxygens (including phenoxy) is 1. The number of Topliss-reactive ketones (excluding diaryl/α,β-unsaturated/α-hetero) is 1. The largest absolute Gasteiger partial charge is 0.456 e. The molecule has 0 saturated carbocycles. The quantitative estimate of drug-likeness (QED) is 0.252. The third kappa shape index (κ3) is 3.09. The maximum absolute atomic E-state index is 11.9. The summed E-state index contributed by atoms with van der Waals surface area (Å²) in [6.07, 6.45) is 3.71. The minimum absolute atomic E-state index is 0.0790. The van der Waals surface area contributed by atoms with Gasteiger partial charge >= 0.3 is 0 Å². The lowest BCUT2D eigenvalue weighted by atomic mass is 10.1. The third-order valence-electron chi connectivity index (χ3n) is 2.99. The summed E-state index contributed by atoms with van der Waals surface area (Å²) in [6, 6.07) is 9.15. The van der Waals surface area contributed by atoms with Gasteiger partial charge in [0.2, 0.25) is 0 Å². The fourth-order valence-electron chi connectivity index (χ4n) is 2.04. The standard InChI is InChI=1S/C14H10ClIN3O2P/c15-7-13(20)14-11-4-3-9(6-12(11)19(18-14)22-16)21-10-2-1-5-17-8-10/h1-6,8,22H,7H2. The zero-order chi connectivity index (χ0) is 15.5. The zero-order valence-corrected chi connectivity index (χ0v) is 15.1. The SMILES string of the molecule is O=C(CCl)c1nn(PI)c2cc(Oc3cccnc3)ccc12. The normalized spacial score (nSPS) is 11.4. The molecule has 8 heteroatoms. The van der Waals surface area contributed by atoms with E-state index in [0.717, 1.165) is 10.9 Å². The molecule has 5 nitrogen and oxygen atoms in total. The van der Waals surface area contributed by atoms with Crippen molar-refractivity contribution in [1.29, 1.82) is 0 Å². The van der Waals surface area contributed by atoms with Gasteiger partial charge in [-0.15, -0.1) is 11.6 Å². The van der Waals surface area contributed by atoms with E-state index < -0.39 is 0 Å². The van der Waals surface area contributed by atoms with Crippen LogP contribution >= 0.6 is 40.0 Å². The Balaban J connectivity index is 2.04. The number of carbonyl (C=O) groups excluding carboxylic acids is 1. The van der Waals surface area contributed by atoms with Gasteiger partial charge in [-0.2, -0.15) is 5.10 Å². The van der Waals surface area contributed by atoms with Crippen molar-refractivity contribution in [3.8, 4) is 11.5 Å². The topological polar surface area (TPSA) is 57.0 Å². The Morgan fingerprint density at radius 2 is 2.23 bits per heavy atom. The Hall–Kier alpha value is -1.24. The average Bonchev–Trinajstić information content (AvgIpc) is 2.93. The number of alkyl halides is 1. The molecule has 0 saturated heterocycles. The highest BCUT2D eigenvalue weighted by Gasteiger charge is 2.17. The summed E-state index contributed by atoms with van der Waals surface area (Å²) in [5.41, 5.74) is 1.25. The van der Waals surface area contributed by atoms with E-state index in [1.165, 1.54) is 0 Å². The number of benzene rings is 1. The molecule has 0 fully saturated rings. The fraction of sp³-hybridized carbons (Fsp3) is 0.0714. The van der Waals surface area contributed by atoms with E-state index >= 15 is 0 Å². The molecule has 0 N–H and O–H groups in total. The van der Waals surface area contributed by atoms with Crippen molar-refractivity contribution < 1.29 is 9.53 Å². The highest BCUT2D eigenvalue weighted by Crippen LogP contribution is 2.33. The molecule has 1 aromatic carbocycles. The average molecular weight is 446 g/mol. The monoisotopic (exact) mass is 445 g/mol. The van der Waals surface area contributed by atoms with E-state index in [1.54, 1.807) is 16.8 Å². The van der Waals surface area contributed by atoms with Crippen molar-refractivity contribution in [2.45, 2.75) is 0 Å². The number of halogens is 2. The molecule has 0 amide bonds. The van der Waals surface area contributed by atoms with E-state index in [4.69, 9.17) is 16.3 Å². The van der Waals surface area contributed by atoms with Crippen LogP contribution in [0.2, 0.25) is 0 Å². The van der Waals surface area contributed by atoms with E-state index in [9.17, 15) is 4.79 Å². The van der Waals surface area contributed by atoms with Crippen LogP contribution in [0.3, 0.4) is 0 Å². The van der Waals surface area contributed by atoms with Gasteiger partial charge in [0.05, 0.1) is 24.0 Å². The Bertz CT molecular complexity index is 826. The molecule has 0 spiro atoms. The summed E-state index contributed by atoms with van der Waals surface area (Å²) in [7, 11) is 0. The van der Waals surface area contributed by atoms with Gasteiger partial charge in [0.15, 0.2) is 5.78 Å². The zero-order valence-electron chi connectivity index (χ0n) is 11.2. The van der Waals surface area contributed by atoms with Gasteiger partial charge in [0.1, 0.15) is 17.2 Å². The van der Waals surface area contributed by atoms with Crippen LogP contribution in [0.5, 0.6) is 11.5 Å². The Labute approximate surface area is 146 Å². The van der Waals surface area contributed by atoms with Crippen molar-refractivity contribution in [3.05, 3.63) is 48.4 Å². The number of carbonyl (C=O) groups is 1. The summed E-state index contributed by atoms with van der Waals surface area (Å²) in [4.78, 5) is 15.9.